The van der Waals surface area contributed by atoms with Crippen LogP contribution in [-0.2, 0) is 0 Å². The van der Waals surface area contributed by atoms with Crippen LogP contribution in [0.3, 0.4) is 0 Å². The number of nitrogens with zero attached hydrogens (tertiary/aromatic N) is 18. The summed E-state index contributed by atoms with van der Waals surface area (Å²) in [7, 11) is 0. The molecule has 0 saturated heterocycles. The summed E-state index contributed by atoms with van der Waals surface area (Å²) in [5.74, 6) is 9.07. The van der Waals surface area contributed by atoms with Gasteiger partial charge in [0.2, 0.25) is 0 Å². The summed E-state index contributed by atoms with van der Waals surface area (Å²) in [6.45, 7) is 15.1. The molecule has 0 spiro atoms. The van der Waals surface area contributed by atoms with Gasteiger partial charge in [0.05, 0.1) is 39.6 Å². The maximum absolute atomic E-state index is 5.26. The molecule has 0 bridgehead atoms. The van der Waals surface area contributed by atoms with Gasteiger partial charge in [-0.3, -0.25) is 4.98 Å². The predicted octanol–water partition coefficient (Wildman–Crippen LogP) is 14.0. The number of benzene rings is 7. The van der Waals surface area contributed by atoms with Crippen molar-refractivity contribution in [2.45, 2.75) is 55.4 Å². The molecule has 0 N–H and O–H groups in total. The molecule has 0 saturated carbocycles. The molecule has 0 amide bonds. The Morgan fingerprint density at radius 3 is 0.886 bits per heavy atom. The molecule has 422 valence electrons. The lowest BCUT2D eigenvalue weighted by molar-refractivity contribution is 0.928. The molecule has 18 nitrogen and oxygen atoms in total. The van der Waals surface area contributed by atoms with Crippen molar-refractivity contribution in [3.8, 4) is 102 Å². The molecule has 15 aromatic rings. The Bertz CT molecular complexity index is 4970. The molecule has 7 aromatic carbocycles. The van der Waals surface area contributed by atoms with Gasteiger partial charge in [0, 0.05) is 77.8 Å². The van der Waals surface area contributed by atoms with Crippen molar-refractivity contribution < 1.29 is 0 Å². The minimum absolute atomic E-state index is 0.503. The second-order valence-corrected chi connectivity index (χ2v) is 21.8. The summed E-state index contributed by atoms with van der Waals surface area (Å²) < 4.78 is 4.62. The van der Waals surface area contributed by atoms with Gasteiger partial charge in [0.1, 0.15) is 46.6 Å². The van der Waals surface area contributed by atoms with E-state index in [4.69, 9.17) is 59.8 Å². The average Bonchev–Trinajstić information content (AvgIpc) is 1.80. The van der Waals surface area contributed by atoms with Gasteiger partial charge in [-0.15, -0.1) is 0 Å². The van der Waals surface area contributed by atoms with E-state index in [-0.39, 0.29) is 0 Å². The summed E-state index contributed by atoms with van der Waals surface area (Å²) in [5.41, 5.74) is 13.1. The molecule has 0 aliphatic carbocycles. The maximum atomic E-state index is 5.26. The molecule has 8 aromatic heterocycles. The van der Waals surface area contributed by atoms with Crippen molar-refractivity contribution in [1.82, 2.24) is 88.9 Å². The van der Waals surface area contributed by atoms with Gasteiger partial charge in [-0.25, -0.2) is 74.8 Å². The quantitative estimate of drug-likeness (QED) is 0.124. The van der Waals surface area contributed by atoms with E-state index >= 15 is 0 Å². The number of fused-ring (bicyclic) bond motifs is 6. The monoisotopic (exact) mass is 1140 g/mol. The highest BCUT2D eigenvalue weighted by Gasteiger charge is 2.25. The van der Waals surface area contributed by atoms with Crippen LogP contribution >= 0.6 is 0 Å². The van der Waals surface area contributed by atoms with Gasteiger partial charge in [0.15, 0.2) is 40.8 Å². The zero-order valence-corrected chi connectivity index (χ0v) is 49.2. The predicted molar refractivity (Wildman–Crippen MR) is 341 cm³/mol. The standard InChI is InChI=1S/C70H52N18/c1-37-72-38(2)77-66(76-37)47-19-25-59-54(32-47)55-33-48(67-78-39(3)73-40(4)79-67)20-26-60(55)87(59)58-24-23-51(70-85-64(45-15-11-9-12-16-45)84-65(86-70)46-17-13-10-14-18-46)31-53(58)52-29-30-71-36-63(52)88-61-27-21-49(68-80-41(5)74-42(6)81-68)34-56(61)57-35-50(22-28-62(57)88)69-82-43(7)75-44(8)83-69/h9-36H,1-8H3. The lowest BCUT2D eigenvalue weighted by Gasteiger charge is -2.19. The molecular weight excluding hydrogens is 1090 g/mol. The molecule has 88 heavy (non-hydrogen) atoms. The molecular formula is C70H52N18. The van der Waals surface area contributed by atoms with Crippen molar-refractivity contribution in [3.63, 3.8) is 0 Å². The first-order chi connectivity index (χ1) is 42.8. The molecule has 8 heterocycles. The van der Waals surface area contributed by atoms with Gasteiger partial charge in [-0.05, 0) is 152 Å². The fourth-order valence-corrected chi connectivity index (χ4v) is 11.9. The van der Waals surface area contributed by atoms with Crippen LogP contribution in [0.5, 0.6) is 0 Å². The smallest absolute Gasteiger partial charge is 0.164 e. The number of aromatic nitrogens is 18. The molecule has 0 aliphatic heterocycles. The maximum Gasteiger partial charge on any atom is 0.164 e. The van der Waals surface area contributed by atoms with Gasteiger partial charge < -0.3 is 9.13 Å². The number of hydrogen-bond donors (Lipinski definition) is 0. The molecule has 0 fully saturated rings. The van der Waals surface area contributed by atoms with Crippen LogP contribution in [-0.4, -0.2) is 88.9 Å². The van der Waals surface area contributed by atoms with E-state index in [1.807, 2.05) is 128 Å². The molecule has 0 atom stereocenters. The summed E-state index contributed by atoms with van der Waals surface area (Å²) in [6.07, 6.45) is 3.79. The Balaban J connectivity index is 1.02. The fraction of sp³-hybridized carbons (Fsp3) is 0.114. The molecule has 0 unspecified atom stereocenters. The van der Waals surface area contributed by atoms with Crippen molar-refractivity contribution in [1.29, 1.82) is 0 Å². The van der Waals surface area contributed by atoms with Gasteiger partial charge in [-0.2, -0.15) is 0 Å². The third kappa shape index (κ3) is 9.58. The molecule has 18 heteroatoms. The highest BCUT2D eigenvalue weighted by atomic mass is 15.1. The Hall–Kier alpha value is -11.7. The number of pyridine rings is 1. The lowest BCUT2D eigenvalue weighted by Crippen LogP contribution is -2.04. The summed E-state index contributed by atoms with van der Waals surface area (Å²) in [5, 5.41) is 3.86. The topological polar surface area (TPSA) is 216 Å². The van der Waals surface area contributed by atoms with Crippen LogP contribution < -0.4 is 0 Å². The van der Waals surface area contributed by atoms with E-state index in [0.717, 1.165) is 105 Å². The first kappa shape index (κ1) is 53.1. The van der Waals surface area contributed by atoms with Crippen molar-refractivity contribution in [3.05, 3.63) is 217 Å². The summed E-state index contributed by atoms with van der Waals surface area (Å²) in [6, 6.07) is 54.1. The van der Waals surface area contributed by atoms with Crippen LogP contribution in [0.1, 0.15) is 46.6 Å². The zero-order valence-electron chi connectivity index (χ0n) is 49.2. The minimum Gasteiger partial charge on any atom is -0.309 e. The van der Waals surface area contributed by atoms with Crippen LogP contribution in [0.4, 0.5) is 0 Å². The normalized spacial score (nSPS) is 11.6. The van der Waals surface area contributed by atoms with Crippen LogP contribution in [0.15, 0.2) is 170 Å². The third-order valence-corrected chi connectivity index (χ3v) is 15.5. The van der Waals surface area contributed by atoms with Gasteiger partial charge in [-0.1, -0.05) is 60.7 Å². The highest BCUT2D eigenvalue weighted by Crippen LogP contribution is 2.44. The first-order valence-corrected chi connectivity index (χ1v) is 28.7. The lowest BCUT2D eigenvalue weighted by atomic mass is 9.99. The first-order valence-electron chi connectivity index (χ1n) is 28.7. The Morgan fingerprint density at radius 2 is 0.534 bits per heavy atom. The second kappa shape index (κ2) is 21.1. The van der Waals surface area contributed by atoms with Crippen LogP contribution in [0.2, 0.25) is 0 Å². The van der Waals surface area contributed by atoms with Crippen LogP contribution in [0, 0.1) is 55.4 Å². The van der Waals surface area contributed by atoms with Crippen molar-refractivity contribution in [2.24, 2.45) is 0 Å². The van der Waals surface area contributed by atoms with E-state index in [2.05, 4.69) is 126 Å². The Labute approximate surface area is 504 Å². The van der Waals surface area contributed by atoms with E-state index in [1.54, 1.807) is 0 Å². The molecule has 0 aliphatic rings. The minimum atomic E-state index is 0.503. The number of rotatable bonds is 10. The van der Waals surface area contributed by atoms with Crippen molar-refractivity contribution in [2.75, 3.05) is 0 Å². The number of hydrogen-bond acceptors (Lipinski definition) is 16. The van der Waals surface area contributed by atoms with Crippen LogP contribution in [0.25, 0.3) is 146 Å². The molecule has 0 radical (unpaired) electrons. The van der Waals surface area contributed by atoms with E-state index in [1.165, 1.54) is 0 Å². The fourth-order valence-electron chi connectivity index (χ4n) is 11.9. The zero-order chi connectivity index (χ0) is 59.9. The van der Waals surface area contributed by atoms with Gasteiger partial charge >= 0.3 is 0 Å². The average molecular weight is 1150 g/mol. The SMILES string of the molecule is Cc1nc(C)nc(-c2ccc3c(c2)c2cc(-c4nc(C)nc(C)n4)ccc2n3-c2ccc(-c3nc(-c4ccccc4)nc(-c4ccccc4)n3)cc2-c2ccncc2-n2c3ccc(-c4nc(C)nc(C)n4)cc3c3cc(-c4nc(C)nc(C)n4)ccc32)n1. The van der Waals surface area contributed by atoms with Crippen molar-refractivity contribution >= 4 is 43.6 Å². The largest absolute Gasteiger partial charge is 0.309 e. The number of aryl methyl sites for hydroxylation is 8. The van der Waals surface area contributed by atoms with E-state index < -0.39 is 0 Å². The Morgan fingerprint density at radius 1 is 0.239 bits per heavy atom. The molecule has 15 rings (SSSR count). The summed E-state index contributed by atoms with van der Waals surface area (Å²) in [4.78, 5) is 77.0. The third-order valence-electron chi connectivity index (χ3n) is 15.5. The van der Waals surface area contributed by atoms with E-state index in [0.29, 0.717) is 87.4 Å². The highest BCUT2D eigenvalue weighted by molar-refractivity contribution is 6.14. The van der Waals surface area contributed by atoms with E-state index in [9.17, 15) is 0 Å². The summed E-state index contributed by atoms with van der Waals surface area (Å²) >= 11 is 0. The second-order valence-electron chi connectivity index (χ2n) is 21.8. The Kier molecular flexibility index (Phi) is 12.8. The van der Waals surface area contributed by atoms with Gasteiger partial charge in [0.25, 0.3) is 0 Å².